The molecule has 0 saturated heterocycles. The Hall–Kier alpha value is -3.23. The van der Waals surface area contributed by atoms with Gasteiger partial charge in [0.1, 0.15) is 0 Å². The highest BCUT2D eigenvalue weighted by atomic mass is 16.6. The molecule has 1 heterocycles. The fourth-order valence-electron chi connectivity index (χ4n) is 3.37. The van der Waals surface area contributed by atoms with Crippen molar-refractivity contribution < 1.29 is 29.5 Å². The number of aliphatic hydroxyl groups excluding tert-OH is 1. The largest absolute Gasteiger partial charge is 0.550 e. The average molecular weight is 417 g/mol. The lowest BCUT2D eigenvalue weighted by atomic mass is 9.82. The number of aliphatic carboxylic acids is 1. The zero-order valence-corrected chi connectivity index (χ0v) is 17.2. The summed E-state index contributed by atoms with van der Waals surface area (Å²) < 4.78 is 0. The van der Waals surface area contributed by atoms with Crippen LogP contribution < -0.4 is 5.11 Å². The van der Waals surface area contributed by atoms with E-state index in [0.29, 0.717) is 24.8 Å². The minimum Gasteiger partial charge on any atom is -0.550 e. The van der Waals surface area contributed by atoms with Crippen LogP contribution in [0.5, 0.6) is 0 Å². The van der Waals surface area contributed by atoms with E-state index >= 15 is 0 Å². The molecule has 1 atom stereocenters. The number of nitrogens with zero attached hydrogens (tertiary/aromatic N) is 2. The highest BCUT2D eigenvalue weighted by Gasteiger charge is 2.45. The number of nitro groups is 1. The molecule has 0 fully saturated rings. The summed E-state index contributed by atoms with van der Waals surface area (Å²) in [4.78, 5) is 48.0. The predicted octanol–water partition coefficient (Wildman–Crippen LogP) is 2.22. The van der Waals surface area contributed by atoms with Gasteiger partial charge < -0.3 is 19.9 Å². The van der Waals surface area contributed by atoms with E-state index in [1.54, 1.807) is 20.8 Å². The number of hydrogen-bond acceptors (Lipinski definition) is 7. The molecule has 0 radical (unpaired) electrons. The number of rotatable bonds is 9. The fraction of sp³-hybridized carbons (Fsp3) is 0.476. The lowest BCUT2D eigenvalue weighted by molar-refractivity contribution is -0.384. The first-order valence-electron chi connectivity index (χ1n) is 9.68. The summed E-state index contributed by atoms with van der Waals surface area (Å²) in [6.45, 7) is 5.22. The molecule has 9 nitrogen and oxygen atoms in total. The van der Waals surface area contributed by atoms with Crippen molar-refractivity contribution in [3.05, 3.63) is 51.3 Å². The molecule has 1 amide bonds. The number of ketones is 1. The molecule has 0 spiro atoms. The highest BCUT2D eigenvalue weighted by Crippen LogP contribution is 2.41. The summed E-state index contributed by atoms with van der Waals surface area (Å²) in [5.41, 5.74) is -0.544. The third kappa shape index (κ3) is 5.03. The van der Waals surface area contributed by atoms with Crippen LogP contribution in [-0.4, -0.2) is 39.1 Å². The maximum atomic E-state index is 13.0. The van der Waals surface area contributed by atoms with Crippen molar-refractivity contribution >= 4 is 23.3 Å². The molecular formula is C21H25N2O7-. The van der Waals surface area contributed by atoms with Crippen molar-refractivity contribution in [2.45, 2.75) is 52.5 Å². The first kappa shape index (κ1) is 23.1. The van der Waals surface area contributed by atoms with Gasteiger partial charge in [-0.1, -0.05) is 27.2 Å². The number of nitro benzene ring substituents is 1. The van der Waals surface area contributed by atoms with Crippen molar-refractivity contribution in [2.24, 2.45) is 5.41 Å². The summed E-state index contributed by atoms with van der Waals surface area (Å²) in [5, 5.41) is 32.0. The first-order valence-corrected chi connectivity index (χ1v) is 9.68. The van der Waals surface area contributed by atoms with E-state index in [1.165, 1.54) is 29.2 Å². The maximum Gasteiger partial charge on any atom is 0.290 e. The number of carboxylic acids is 1. The number of carbonyl (C=O) groups excluding carboxylic acids is 3. The Bertz CT molecular complexity index is 882. The summed E-state index contributed by atoms with van der Waals surface area (Å²) >= 11 is 0. The third-order valence-corrected chi connectivity index (χ3v) is 4.93. The number of amides is 1. The summed E-state index contributed by atoms with van der Waals surface area (Å²) in [7, 11) is 0. The molecule has 1 aliphatic rings. The van der Waals surface area contributed by atoms with E-state index in [4.69, 9.17) is 0 Å². The molecule has 1 aromatic carbocycles. The van der Waals surface area contributed by atoms with Gasteiger partial charge in [-0.25, -0.2) is 0 Å². The quantitative estimate of drug-likeness (QED) is 0.369. The van der Waals surface area contributed by atoms with E-state index < -0.39 is 39.8 Å². The van der Waals surface area contributed by atoms with Crippen molar-refractivity contribution in [2.75, 3.05) is 6.54 Å². The molecule has 2 rings (SSSR count). The molecule has 0 saturated carbocycles. The van der Waals surface area contributed by atoms with Gasteiger partial charge in [-0.15, -0.1) is 0 Å². The van der Waals surface area contributed by atoms with Crippen molar-refractivity contribution in [3.8, 4) is 0 Å². The molecule has 1 N–H and O–H groups in total. The van der Waals surface area contributed by atoms with Crippen molar-refractivity contribution in [3.63, 3.8) is 0 Å². The Balaban J connectivity index is 2.36. The zero-order chi connectivity index (χ0) is 22.6. The van der Waals surface area contributed by atoms with Gasteiger partial charge in [-0.2, -0.15) is 0 Å². The number of aliphatic hydroxyl groups is 1. The zero-order valence-electron chi connectivity index (χ0n) is 17.2. The summed E-state index contributed by atoms with van der Waals surface area (Å²) in [6.07, 6.45) is 1.29. The molecule has 0 aliphatic carbocycles. The predicted molar refractivity (Wildman–Crippen MR) is 105 cm³/mol. The van der Waals surface area contributed by atoms with Crippen LogP contribution in [0.2, 0.25) is 0 Å². The SMILES string of the molecule is CC(C)(C)C(=O)C1=C(O)C(=O)N(CCCCCC(=O)[O-])[C@H]1c1ccc([N+](=O)[O-])cc1. The minimum absolute atomic E-state index is 0.0314. The maximum absolute atomic E-state index is 13.0. The van der Waals surface area contributed by atoms with Gasteiger partial charge in [0.2, 0.25) is 0 Å². The van der Waals surface area contributed by atoms with Crippen LogP contribution in [0.1, 0.15) is 58.1 Å². The van der Waals surface area contributed by atoms with Gasteiger partial charge in [0.25, 0.3) is 11.6 Å². The number of unbranched alkanes of at least 4 members (excludes halogenated alkanes) is 2. The molecule has 162 valence electrons. The Morgan fingerprint density at radius 1 is 1.13 bits per heavy atom. The van der Waals surface area contributed by atoms with Gasteiger partial charge >= 0.3 is 0 Å². The molecule has 1 aromatic rings. The molecular weight excluding hydrogens is 392 g/mol. The van der Waals surface area contributed by atoms with Crippen LogP contribution in [0, 0.1) is 15.5 Å². The smallest absolute Gasteiger partial charge is 0.290 e. The highest BCUT2D eigenvalue weighted by molar-refractivity contribution is 6.10. The van der Waals surface area contributed by atoms with E-state index in [2.05, 4.69) is 0 Å². The second-order valence-corrected chi connectivity index (χ2v) is 8.27. The monoisotopic (exact) mass is 417 g/mol. The van der Waals surface area contributed by atoms with Crippen molar-refractivity contribution in [1.82, 2.24) is 4.90 Å². The van der Waals surface area contributed by atoms with Gasteiger partial charge in [0.05, 0.1) is 16.5 Å². The first-order chi connectivity index (χ1) is 13.9. The topological polar surface area (TPSA) is 141 Å². The van der Waals surface area contributed by atoms with Crippen LogP contribution in [-0.2, 0) is 14.4 Å². The van der Waals surface area contributed by atoms with Gasteiger partial charge in [0, 0.05) is 30.1 Å². The number of non-ortho nitro benzene ring substituents is 1. The molecule has 0 bridgehead atoms. The number of benzene rings is 1. The fourth-order valence-corrected chi connectivity index (χ4v) is 3.37. The van der Waals surface area contributed by atoms with Crippen LogP contribution >= 0.6 is 0 Å². The van der Waals surface area contributed by atoms with E-state index in [-0.39, 0.29) is 24.2 Å². The Morgan fingerprint density at radius 3 is 2.23 bits per heavy atom. The van der Waals surface area contributed by atoms with Crippen molar-refractivity contribution in [1.29, 1.82) is 0 Å². The number of hydrogen-bond donors (Lipinski definition) is 1. The molecule has 1 aliphatic heterocycles. The van der Waals surface area contributed by atoms with E-state index in [1.807, 2.05) is 0 Å². The molecule has 9 heteroatoms. The molecule has 0 unspecified atom stereocenters. The number of carbonyl (C=O) groups is 3. The lowest BCUT2D eigenvalue weighted by Gasteiger charge is -2.29. The van der Waals surface area contributed by atoms with Crippen LogP contribution in [0.25, 0.3) is 0 Å². The van der Waals surface area contributed by atoms with E-state index in [0.717, 1.165) is 0 Å². The van der Waals surface area contributed by atoms with E-state index in [9.17, 15) is 34.7 Å². The molecule has 30 heavy (non-hydrogen) atoms. The number of Topliss-reactive ketones (excluding diaryl/α,β-unsaturated/α-hetero) is 1. The normalized spacial score (nSPS) is 16.8. The van der Waals surface area contributed by atoms with Crippen LogP contribution in [0.3, 0.4) is 0 Å². The second kappa shape index (κ2) is 9.06. The van der Waals surface area contributed by atoms with Crippen LogP contribution in [0.15, 0.2) is 35.6 Å². The Labute approximate surface area is 174 Å². The Kier molecular flexibility index (Phi) is 6.96. The van der Waals surface area contributed by atoms with Gasteiger partial charge in [0.15, 0.2) is 11.5 Å². The van der Waals surface area contributed by atoms with Gasteiger partial charge in [-0.05, 0) is 37.0 Å². The standard InChI is InChI=1S/C21H26N2O7/c1-21(2,3)19(27)16-17(13-8-10-14(11-9-13)23(29)30)22(20(28)18(16)26)12-6-4-5-7-15(24)25/h8-11,17,26H,4-7,12H2,1-3H3,(H,24,25)/p-1/t17-/m0/s1. The van der Waals surface area contributed by atoms with Gasteiger partial charge in [-0.3, -0.25) is 19.7 Å². The summed E-state index contributed by atoms with van der Waals surface area (Å²) in [6, 6.07) is 4.63. The lowest BCUT2D eigenvalue weighted by Crippen LogP contribution is -2.33. The average Bonchev–Trinajstić information content (AvgIpc) is 2.91. The molecule has 0 aromatic heterocycles. The Morgan fingerprint density at radius 2 is 1.73 bits per heavy atom. The minimum atomic E-state index is -1.15. The summed E-state index contributed by atoms with van der Waals surface area (Å²) in [5.74, 6) is -2.84. The number of carboxylic acid groups (broad SMARTS) is 1. The third-order valence-electron chi connectivity index (χ3n) is 4.93. The van der Waals surface area contributed by atoms with Crippen LogP contribution in [0.4, 0.5) is 5.69 Å². The second-order valence-electron chi connectivity index (χ2n) is 8.27.